The van der Waals surface area contributed by atoms with Crippen LogP contribution in [0.1, 0.15) is 10.4 Å². The fraction of sp³-hybridized carbons (Fsp3) is 0.417. The number of aromatic hydroxyl groups is 1. The highest BCUT2D eigenvalue weighted by molar-refractivity contribution is 5.94. The Balaban J connectivity index is 2.09. The number of rotatable bonds is 2. The summed E-state index contributed by atoms with van der Waals surface area (Å²) >= 11 is 0. The second-order valence-corrected chi connectivity index (χ2v) is 4.07. The van der Waals surface area contributed by atoms with Crippen LogP contribution in [0.2, 0.25) is 0 Å². The molecule has 7 heteroatoms. The highest BCUT2D eigenvalue weighted by Crippen LogP contribution is 2.14. The Kier molecular flexibility index (Phi) is 3.96. The van der Waals surface area contributed by atoms with Crippen molar-refractivity contribution < 1.29 is 24.2 Å². The topological polar surface area (TPSA) is 89.0 Å². The highest BCUT2D eigenvalue weighted by atomic mass is 16.6. The molecule has 0 aromatic carbocycles. The van der Waals surface area contributed by atoms with Gasteiger partial charge in [-0.2, -0.15) is 0 Å². The lowest BCUT2D eigenvalue weighted by Crippen LogP contribution is -2.48. The second-order valence-electron chi connectivity index (χ2n) is 4.07. The van der Waals surface area contributed by atoms with Gasteiger partial charge in [-0.1, -0.05) is 0 Å². The number of methoxy groups -OCH3 is 1. The van der Waals surface area contributed by atoms with Crippen molar-refractivity contribution in [2.24, 2.45) is 0 Å². The van der Waals surface area contributed by atoms with Gasteiger partial charge in [0.15, 0.2) is 6.10 Å². The number of amides is 1. The maximum atomic E-state index is 12.2. The first kappa shape index (κ1) is 13.3. The molecule has 0 bridgehead atoms. The zero-order chi connectivity index (χ0) is 13.8. The number of hydrogen-bond donors (Lipinski definition) is 1. The predicted octanol–water partition coefficient (Wildman–Crippen LogP) is -0.199. The van der Waals surface area contributed by atoms with Crippen LogP contribution in [-0.4, -0.2) is 59.8 Å². The largest absolute Gasteiger partial charge is 0.506 e. The molecule has 1 aliphatic rings. The molecule has 7 nitrogen and oxygen atoms in total. The van der Waals surface area contributed by atoms with Gasteiger partial charge >= 0.3 is 5.97 Å². The third-order valence-electron chi connectivity index (χ3n) is 2.79. The van der Waals surface area contributed by atoms with Crippen molar-refractivity contribution in [2.75, 3.05) is 26.8 Å². The van der Waals surface area contributed by atoms with Gasteiger partial charge in [-0.15, -0.1) is 0 Å². The summed E-state index contributed by atoms with van der Waals surface area (Å²) in [7, 11) is 1.27. The van der Waals surface area contributed by atoms with Crippen LogP contribution >= 0.6 is 0 Å². The minimum atomic E-state index is -0.770. The zero-order valence-corrected chi connectivity index (χ0v) is 10.4. The van der Waals surface area contributed by atoms with E-state index in [4.69, 9.17) is 4.74 Å². The number of carbonyl (C=O) groups is 2. The number of hydrogen-bond acceptors (Lipinski definition) is 6. The molecule has 2 rings (SSSR count). The molecule has 1 atom stereocenters. The van der Waals surface area contributed by atoms with E-state index in [0.717, 1.165) is 0 Å². The maximum Gasteiger partial charge on any atom is 0.336 e. The number of nitrogens with zero attached hydrogens (tertiary/aromatic N) is 2. The first-order valence-corrected chi connectivity index (χ1v) is 5.74. The Hall–Kier alpha value is -2.15. The van der Waals surface area contributed by atoms with Crippen LogP contribution in [0.4, 0.5) is 0 Å². The van der Waals surface area contributed by atoms with E-state index in [9.17, 15) is 14.7 Å². The van der Waals surface area contributed by atoms with Gasteiger partial charge in [-0.3, -0.25) is 9.78 Å². The molecule has 1 amide bonds. The number of pyridine rings is 1. The van der Waals surface area contributed by atoms with Gasteiger partial charge in [0, 0.05) is 12.7 Å². The molecule has 0 saturated carbocycles. The third kappa shape index (κ3) is 3.00. The number of morpholine rings is 1. The summed E-state index contributed by atoms with van der Waals surface area (Å²) in [5, 5.41) is 9.31. The molecule has 0 radical (unpaired) electrons. The van der Waals surface area contributed by atoms with E-state index in [1.807, 2.05) is 0 Å². The number of carbonyl (C=O) groups excluding carboxylic acids is 2. The van der Waals surface area contributed by atoms with Crippen molar-refractivity contribution in [1.29, 1.82) is 0 Å². The highest BCUT2D eigenvalue weighted by Gasteiger charge is 2.30. The van der Waals surface area contributed by atoms with E-state index in [1.54, 1.807) is 0 Å². The number of esters is 1. The Morgan fingerprint density at radius 3 is 3.00 bits per heavy atom. The van der Waals surface area contributed by atoms with Crippen LogP contribution in [0.25, 0.3) is 0 Å². The summed E-state index contributed by atoms with van der Waals surface area (Å²) < 4.78 is 9.83. The lowest BCUT2D eigenvalue weighted by Gasteiger charge is -2.31. The van der Waals surface area contributed by atoms with Crippen LogP contribution in [-0.2, 0) is 14.3 Å². The molecular formula is C12H14N2O5. The van der Waals surface area contributed by atoms with Crippen molar-refractivity contribution in [2.45, 2.75) is 6.10 Å². The molecule has 1 unspecified atom stereocenters. The Morgan fingerprint density at radius 1 is 1.53 bits per heavy atom. The van der Waals surface area contributed by atoms with Crippen LogP contribution in [0, 0.1) is 0 Å². The van der Waals surface area contributed by atoms with Crippen molar-refractivity contribution in [3.8, 4) is 5.75 Å². The quantitative estimate of drug-likeness (QED) is 0.746. The van der Waals surface area contributed by atoms with E-state index in [-0.39, 0.29) is 30.4 Å². The summed E-state index contributed by atoms with van der Waals surface area (Å²) in [6.07, 6.45) is 1.84. The lowest BCUT2D eigenvalue weighted by molar-refractivity contribution is -0.158. The fourth-order valence-corrected chi connectivity index (χ4v) is 1.84. The minimum Gasteiger partial charge on any atom is -0.506 e. The van der Waals surface area contributed by atoms with Gasteiger partial charge in [0.1, 0.15) is 5.75 Å². The summed E-state index contributed by atoms with van der Waals surface area (Å²) in [4.78, 5) is 28.8. The van der Waals surface area contributed by atoms with Crippen molar-refractivity contribution in [3.63, 3.8) is 0 Å². The lowest BCUT2D eigenvalue weighted by atomic mass is 10.2. The van der Waals surface area contributed by atoms with Crippen LogP contribution in [0.15, 0.2) is 18.5 Å². The molecule has 1 aliphatic heterocycles. The molecule has 0 spiro atoms. The van der Waals surface area contributed by atoms with E-state index in [1.165, 1.54) is 30.5 Å². The molecule has 1 saturated heterocycles. The van der Waals surface area contributed by atoms with Crippen LogP contribution in [0.5, 0.6) is 5.75 Å². The number of ether oxygens (including phenoxy) is 2. The molecule has 1 N–H and O–H groups in total. The predicted molar refractivity (Wildman–Crippen MR) is 63.6 cm³/mol. The van der Waals surface area contributed by atoms with Crippen molar-refractivity contribution in [1.82, 2.24) is 9.88 Å². The van der Waals surface area contributed by atoms with E-state index >= 15 is 0 Å². The van der Waals surface area contributed by atoms with Gasteiger partial charge in [0.05, 0.1) is 32.0 Å². The second kappa shape index (κ2) is 5.66. The number of aromatic nitrogens is 1. The van der Waals surface area contributed by atoms with Crippen molar-refractivity contribution >= 4 is 11.9 Å². The average Bonchev–Trinajstić information content (AvgIpc) is 2.45. The Bertz CT molecular complexity index is 491. The maximum absolute atomic E-state index is 12.2. The average molecular weight is 266 g/mol. The Labute approximate surface area is 109 Å². The molecular weight excluding hydrogens is 252 g/mol. The van der Waals surface area contributed by atoms with E-state index in [2.05, 4.69) is 9.72 Å². The molecule has 19 heavy (non-hydrogen) atoms. The standard InChI is InChI=1S/C12H14N2O5/c1-18-12(17)10-7-14(2-3-19-10)11(16)8-4-9(15)6-13-5-8/h4-6,10,15H,2-3,7H2,1H3. The van der Waals surface area contributed by atoms with Gasteiger partial charge in [0.25, 0.3) is 5.91 Å². The van der Waals surface area contributed by atoms with E-state index < -0.39 is 12.1 Å². The van der Waals surface area contributed by atoms with E-state index in [0.29, 0.717) is 6.54 Å². The van der Waals surface area contributed by atoms with Crippen LogP contribution in [0.3, 0.4) is 0 Å². The summed E-state index contributed by atoms with van der Waals surface area (Å²) in [5.41, 5.74) is 0.269. The normalized spacial score (nSPS) is 19.0. The monoisotopic (exact) mass is 266 g/mol. The molecule has 1 fully saturated rings. The first-order chi connectivity index (χ1) is 9.11. The first-order valence-electron chi connectivity index (χ1n) is 5.74. The van der Waals surface area contributed by atoms with Gasteiger partial charge < -0.3 is 19.5 Å². The summed E-state index contributed by atoms with van der Waals surface area (Å²) in [6.45, 7) is 0.765. The van der Waals surface area contributed by atoms with Gasteiger partial charge in [-0.05, 0) is 6.07 Å². The molecule has 102 valence electrons. The molecule has 0 aliphatic carbocycles. The smallest absolute Gasteiger partial charge is 0.336 e. The Morgan fingerprint density at radius 2 is 2.32 bits per heavy atom. The van der Waals surface area contributed by atoms with Gasteiger partial charge in [0.2, 0.25) is 0 Å². The third-order valence-corrected chi connectivity index (χ3v) is 2.79. The molecule has 1 aromatic heterocycles. The molecule has 1 aromatic rings. The fourth-order valence-electron chi connectivity index (χ4n) is 1.84. The van der Waals surface area contributed by atoms with Gasteiger partial charge in [-0.25, -0.2) is 4.79 Å². The SMILES string of the molecule is COC(=O)C1CN(C(=O)c2cncc(O)c2)CCO1. The van der Waals surface area contributed by atoms with Crippen molar-refractivity contribution in [3.05, 3.63) is 24.0 Å². The summed E-state index contributed by atoms with van der Waals surface area (Å²) in [5.74, 6) is -0.893. The van der Waals surface area contributed by atoms with Crippen LogP contribution < -0.4 is 0 Å². The minimum absolute atomic E-state index is 0.0800. The molecule has 2 heterocycles. The zero-order valence-electron chi connectivity index (χ0n) is 10.4. The summed E-state index contributed by atoms with van der Waals surface area (Å²) in [6, 6.07) is 1.33.